The molecule has 0 bridgehead atoms. The van der Waals surface area contributed by atoms with E-state index >= 15 is 0 Å². The largest absolute Gasteiger partial charge is 0.422 e. The molecule has 0 N–H and O–H groups in total. The Hall–Kier alpha value is -2.50. The molecule has 0 aliphatic carbocycles. The van der Waals surface area contributed by atoms with Gasteiger partial charge < -0.3 is 14.2 Å². The van der Waals surface area contributed by atoms with E-state index in [1.54, 1.807) is 29.2 Å². The number of carbonyl (C=O) groups is 1. The summed E-state index contributed by atoms with van der Waals surface area (Å²) in [5.74, 6) is -0.323. The average Bonchev–Trinajstić information content (AvgIpc) is 2.67. The van der Waals surface area contributed by atoms with Gasteiger partial charge in [0.15, 0.2) is 0 Å². The molecule has 3 aromatic rings. The van der Waals surface area contributed by atoms with E-state index in [1.165, 1.54) is 0 Å². The number of rotatable bonds is 2. The van der Waals surface area contributed by atoms with E-state index in [0.29, 0.717) is 47.2 Å². The van der Waals surface area contributed by atoms with Crippen molar-refractivity contribution in [2.24, 2.45) is 0 Å². The first-order valence-electron chi connectivity index (χ1n) is 8.54. The van der Waals surface area contributed by atoms with Crippen molar-refractivity contribution in [3.63, 3.8) is 0 Å². The molecule has 1 fully saturated rings. The Kier molecular flexibility index (Phi) is 4.81. The van der Waals surface area contributed by atoms with Crippen molar-refractivity contribution in [1.29, 1.82) is 0 Å². The smallest absolute Gasteiger partial charge is 0.349 e. The maximum absolute atomic E-state index is 12.8. The van der Waals surface area contributed by atoms with Gasteiger partial charge in [0.1, 0.15) is 11.1 Å². The number of hydrogen-bond acceptors (Lipinski definition) is 4. The number of piperazine rings is 1. The van der Waals surface area contributed by atoms with Crippen molar-refractivity contribution in [3.8, 4) is 0 Å². The van der Waals surface area contributed by atoms with E-state index in [1.807, 2.05) is 24.3 Å². The second-order valence-electron chi connectivity index (χ2n) is 6.39. The van der Waals surface area contributed by atoms with Crippen LogP contribution in [0, 0.1) is 0 Å². The van der Waals surface area contributed by atoms with Crippen molar-refractivity contribution in [2.75, 3.05) is 31.1 Å². The van der Waals surface area contributed by atoms with Gasteiger partial charge in [-0.3, -0.25) is 4.79 Å². The van der Waals surface area contributed by atoms with Crippen LogP contribution >= 0.6 is 23.2 Å². The van der Waals surface area contributed by atoms with Gasteiger partial charge in [-0.1, -0.05) is 29.3 Å². The topological polar surface area (TPSA) is 53.8 Å². The maximum atomic E-state index is 12.8. The van der Waals surface area contributed by atoms with Crippen molar-refractivity contribution in [1.82, 2.24) is 4.90 Å². The Bertz CT molecular complexity index is 1070. The summed E-state index contributed by atoms with van der Waals surface area (Å²) in [7, 11) is 0. The lowest BCUT2D eigenvalue weighted by molar-refractivity contribution is 0.0742. The van der Waals surface area contributed by atoms with Gasteiger partial charge in [0.25, 0.3) is 5.91 Å². The number of halogens is 2. The number of nitrogens with zero attached hydrogens (tertiary/aromatic N) is 2. The first-order chi connectivity index (χ1) is 13.0. The van der Waals surface area contributed by atoms with Gasteiger partial charge in [-0.2, -0.15) is 0 Å². The van der Waals surface area contributed by atoms with Crippen LogP contribution < -0.4 is 10.5 Å². The van der Waals surface area contributed by atoms with E-state index < -0.39 is 5.63 Å². The molecule has 0 radical (unpaired) electrons. The fraction of sp³-hybridized carbons (Fsp3) is 0.200. The third-order valence-electron chi connectivity index (χ3n) is 4.66. The standard InChI is InChI=1S/C20H16Cl2N2O3/c21-14-2-1-3-16(12-14)23-6-8-24(9-7-23)19(25)17-11-13-10-15(22)4-5-18(13)27-20(17)26/h1-5,10-12H,6-9H2. The zero-order valence-corrected chi connectivity index (χ0v) is 15.8. The quantitative estimate of drug-likeness (QED) is 0.606. The SMILES string of the molecule is O=C(c1cc2cc(Cl)ccc2oc1=O)N1CCN(c2cccc(Cl)c2)CC1. The van der Waals surface area contributed by atoms with Crippen LogP contribution in [0.25, 0.3) is 11.0 Å². The summed E-state index contributed by atoms with van der Waals surface area (Å²) >= 11 is 12.0. The molecule has 1 aliphatic heterocycles. The predicted molar refractivity (Wildman–Crippen MR) is 107 cm³/mol. The Labute approximate surface area is 165 Å². The van der Waals surface area contributed by atoms with Gasteiger partial charge in [-0.15, -0.1) is 0 Å². The highest BCUT2D eigenvalue weighted by Gasteiger charge is 2.25. The van der Waals surface area contributed by atoms with E-state index in [2.05, 4.69) is 4.90 Å². The molecule has 1 amide bonds. The molecular formula is C20H16Cl2N2O3. The fourth-order valence-electron chi connectivity index (χ4n) is 3.25. The minimum Gasteiger partial charge on any atom is -0.422 e. The Balaban J connectivity index is 1.53. The van der Waals surface area contributed by atoms with Crippen LogP contribution in [0.15, 0.2) is 57.7 Å². The number of amides is 1. The lowest BCUT2D eigenvalue weighted by Crippen LogP contribution is -2.49. The normalized spacial score (nSPS) is 14.6. The minimum atomic E-state index is -0.632. The second-order valence-corrected chi connectivity index (χ2v) is 7.26. The summed E-state index contributed by atoms with van der Waals surface area (Å²) in [5, 5.41) is 1.83. The first-order valence-corrected chi connectivity index (χ1v) is 9.30. The zero-order valence-electron chi connectivity index (χ0n) is 14.3. The zero-order chi connectivity index (χ0) is 19.0. The summed E-state index contributed by atoms with van der Waals surface area (Å²) in [6.07, 6.45) is 0. The highest BCUT2D eigenvalue weighted by atomic mass is 35.5. The molecule has 2 heterocycles. The van der Waals surface area contributed by atoms with Crippen LogP contribution in [0.1, 0.15) is 10.4 Å². The van der Waals surface area contributed by atoms with Gasteiger partial charge in [-0.25, -0.2) is 4.79 Å². The molecular weight excluding hydrogens is 387 g/mol. The van der Waals surface area contributed by atoms with Crippen LogP contribution in [-0.2, 0) is 0 Å². The monoisotopic (exact) mass is 402 g/mol. The molecule has 0 saturated carbocycles. The molecule has 4 rings (SSSR count). The molecule has 1 aromatic heterocycles. The summed E-state index contributed by atoms with van der Waals surface area (Å²) in [6.45, 7) is 2.35. The summed E-state index contributed by atoms with van der Waals surface area (Å²) in [6, 6.07) is 14.1. The molecule has 1 aliphatic rings. The highest BCUT2D eigenvalue weighted by molar-refractivity contribution is 6.31. The fourth-order valence-corrected chi connectivity index (χ4v) is 3.62. The molecule has 5 nitrogen and oxygen atoms in total. The summed E-state index contributed by atoms with van der Waals surface area (Å²) < 4.78 is 5.28. The molecule has 7 heteroatoms. The Morgan fingerprint density at radius 3 is 2.41 bits per heavy atom. The molecule has 138 valence electrons. The highest BCUT2D eigenvalue weighted by Crippen LogP contribution is 2.22. The number of anilines is 1. The molecule has 1 saturated heterocycles. The third-order valence-corrected chi connectivity index (χ3v) is 5.14. The number of carbonyl (C=O) groups excluding carboxylic acids is 1. The third kappa shape index (κ3) is 3.66. The van der Waals surface area contributed by atoms with Crippen molar-refractivity contribution >= 4 is 45.8 Å². The van der Waals surface area contributed by atoms with Crippen LogP contribution in [0.4, 0.5) is 5.69 Å². The van der Waals surface area contributed by atoms with Crippen LogP contribution in [-0.4, -0.2) is 37.0 Å². The minimum absolute atomic E-state index is 0.0287. The number of hydrogen-bond donors (Lipinski definition) is 0. The lowest BCUT2D eigenvalue weighted by atomic mass is 10.1. The molecule has 0 unspecified atom stereocenters. The van der Waals surface area contributed by atoms with Crippen molar-refractivity contribution in [3.05, 3.63) is 74.6 Å². The molecule has 27 heavy (non-hydrogen) atoms. The summed E-state index contributed by atoms with van der Waals surface area (Å²) in [4.78, 5) is 28.9. The Morgan fingerprint density at radius 1 is 0.926 bits per heavy atom. The molecule has 0 spiro atoms. The maximum Gasteiger partial charge on any atom is 0.349 e. The van der Waals surface area contributed by atoms with Crippen LogP contribution in [0.5, 0.6) is 0 Å². The van der Waals surface area contributed by atoms with Crippen LogP contribution in [0.2, 0.25) is 10.0 Å². The van der Waals surface area contributed by atoms with Gasteiger partial charge >= 0.3 is 5.63 Å². The van der Waals surface area contributed by atoms with Crippen molar-refractivity contribution in [2.45, 2.75) is 0 Å². The number of benzene rings is 2. The average molecular weight is 403 g/mol. The first kappa shape index (κ1) is 17.9. The van der Waals surface area contributed by atoms with Gasteiger partial charge in [0.05, 0.1) is 0 Å². The lowest BCUT2D eigenvalue weighted by Gasteiger charge is -2.36. The van der Waals surface area contributed by atoms with Gasteiger partial charge in [0, 0.05) is 47.3 Å². The van der Waals surface area contributed by atoms with Gasteiger partial charge in [-0.05, 0) is 42.5 Å². The molecule has 0 atom stereocenters. The van der Waals surface area contributed by atoms with Crippen LogP contribution in [0.3, 0.4) is 0 Å². The van der Waals surface area contributed by atoms with Crippen molar-refractivity contribution < 1.29 is 9.21 Å². The van der Waals surface area contributed by atoms with Gasteiger partial charge in [0.2, 0.25) is 0 Å². The van der Waals surface area contributed by atoms with E-state index in [9.17, 15) is 9.59 Å². The Morgan fingerprint density at radius 2 is 1.67 bits per heavy atom. The van der Waals surface area contributed by atoms with E-state index in [-0.39, 0.29) is 11.5 Å². The predicted octanol–water partition coefficient (Wildman–Crippen LogP) is 4.06. The second kappa shape index (κ2) is 7.25. The molecule has 2 aromatic carbocycles. The van der Waals surface area contributed by atoms with E-state index in [4.69, 9.17) is 27.6 Å². The van der Waals surface area contributed by atoms with E-state index in [0.717, 1.165) is 5.69 Å². The summed E-state index contributed by atoms with van der Waals surface area (Å²) in [5.41, 5.74) is 0.828. The number of fused-ring (bicyclic) bond motifs is 1.